The molecule has 0 spiro atoms. The number of benzene rings is 2. The minimum atomic E-state index is -0.342. The third-order valence-corrected chi connectivity index (χ3v) is 7.01. The van der Waals surface area contributed by atoms with Gasteiger partial charge in [-0.25, -0.2) is 0 Å². The van der Waals surface area contributed by atoms with Gasteiger partial charge in [0.15, 0.2) is 0 Å². The largest absolute Gasteiger partial charge is 0.390 e. The standard InChI is InChI=1S/C23H30N2O/c1-3-24-15-22(19-11-7-5-8-12-19)17-25(4-2)18-23(16-24,21(22)26)20-13-9-6-10-14-20/h5-14,21,26H,3-4,15-18H2,1-2H3/p+2. The molecule has 0 atom stereocenters. The number of aliphatic hydroxyl groups is 1. The second-order valence-electron chi connectivity index (χ2n) is 8.36. The van der Waals surface area contributed by atoms with Crippen LogP contribution in [0.5, 0.6) is 0 Å². The van der Waals surface area contributed by atoms with Gasteiger partial charge in [-0.15, -0.1) is 0 Å². The van der Waals surface area contributed by atoms with Gasteiger partial charge in [0.05, 0.1) is 45.4 Å². The molecule has 3 heteroatoms. The van der Waals surface area contributed by atoms with Crippen molar-refractivity contribution < 1.29 is 14.9 Å². The topological polar surface area (TPSA) is 29.1 Å². The van der Waals surface area contributed by atoms with Crippen LogP contribution in [-0.4, -0.2) is 50.5 Å². The summed E-state index contributed by atoms with van der Waals surface area (Å²) in [4.78, 5) is 3.22. The van der Waals surface area contributed by atoms with Crippen molar-refractivity contribution in [3.63, 3.8) is 0 Å². The van der Waals surface area contributed by atoms with Gasteiger partial charge in [0.25, 0.3) is 0 Å². The number of hydrogen-bond acceptors (Lipinski definition) is 1. The molecule has 2 saturated heterocycles. The second-order valence-corrected chi connectivity index (χ2v) is 8.36. The van der Waals surface area contributed by atoms with Crippen molar-refractivity contribution in [1.82, 2.24) is 0 Å². The molecule has 2 aromatic rings. The Kier molecular flexibility index (Phi) is 4.64. The quantitative estimate of drug-likeness (QED) is 0.714. The molecule has 0 saturated carbocycles. The van der Waals surface area contributed by atoms with Gasteiger partial charge in [0, 0.05) is 0 Å². The molecule has 138 valence electrons. The highest BCUT2D eigenvalue weighted by Crippen LogP contribution is 2.42. The molecule has 0 radical (unpaired) electrons. The van der Waals surface area contributed by atoms with Crippen LogP contribution in [0.3, 0.4) is 0 Å². The van der Waals surface area contributed by atoms with E-state index in [-0.39, 0.29) is 16.9 Å². The molecule has 2 aliphatic heterocycles. The third-order valence-electron chi connectivity index (χ3n) is 7.01. The van der Waals surface area contributed by atoms with Crippen LogP contribution < -0.4 is 9.80 Å². The molecule has 0 aliphatic carbocycles. The number of likely N-dealkylation sites (N-methyl/N-ethyl adjacent to an activating group) is 2. The fourth-order valence-electron chi connectivity index (χ4n) is 5.71. The van der Waals surface area contributed by atoms with Gasteiger partial charge in [-0.2, -0.15) is 0 Å². The fraction of sp³-hybridized carbons (Fsp3) is 0.478. The van der Waals surface area contributed by atoms with Crippen LogP contribution in [0.1, 0.15) is 25.0 Å². The summed E-state index contributed by atoms with van der Waals surface area (Å²) in [6, 6.07) is 21.6. The predicted octanol–water partition coefficient (Wildman–Crippen LogP) is 0.0601. The molecule has 2 fully saturated rings. The lowest BCUT2D eigenvalue weighted by atomic mass is 9.56. The van der Waals surface area contributed by atoms with E-state index in [1.807, 2.05) is 0 Å². The molecule has 3 nitrogen and oxygen atoms in total. The highest BCUT2D eigenvalue weighted by Gasteiger charge is 2.65. The maximum atomic E-state index is 11.9. The van der Waals surface area contributed by atoms with Crippen molar-refractivity contribution in [1.29, 1.82) is 0 Å². The van der Waals surface area contributed by atoms with E-state index in [4.69, 9.17) is 0 Å². The molecule has 2 aliphatic rings. The zero-order valence-corrected chi connectivity index (χ0v) is 16.0. The Morgan fingerprint density at radius 3 is 1.38 bits per heavy atom. The Bertz CT molecular complexity index is 655. The number of hydrogen-bond donors (Lipinski definition) is 3. The van der Waals surface area contributed by atoms with Crippen LogP contribution in [0, 0.1) is 0 Å². The van der Waals surface area contributed by atoms with Crippen LogP contribution in [0.15, 0.2) is 60.7 Å². The minimum Gasteiger partial charge on any atom is -0.390 e. The number of rotatable bonds is 4. The van der Waals surface area contributed by atoms with Crippen LogP contribution in [0.4, 0.5) is 0 Å². The van der Waals surface area contributed by atoms with Gasteiger partial charge in [-0.3, -0.25) is 0 Å². The van der Waals surface area contributed by atoms with E-state index in [1.54, 1.807) is 9.80 Å². The number of aliphatic hydroxyl groups excluding tert-OH is 1. The summed E-state index contributed by atoms with van der Waals surface area (Å²) in [5.41, 5.74) is 2.27. The van der Waals surface area contributed by atoms with Gasteiger partial charge < -0.3 is 14.9 Å². The van der Waals surface area contributed by atoms with E-state index in [2.05, 4.69) is 74.5 Å². The third kappa shape index (κ3) is 2.61. The number of nitrogens with one attached hydrogen (secondary N) is 2. The lowest BCUT2D eigenvalue weighted by molar-refractivity contribution is -0.965. The normalized spacial score (nSPS) is 36.7. The zero-order chi connectivity index (χ0) is 18.2. The highest BCUT2D eigenvalue weighted by atomic mass is 16.3. The first-order valence-electron chi connectivity index (χ1n) is 10.1. The zero-order valence-electron chi connectivity index (χ0n) is 16.0. The average Bonchev–Trinajstić information content (AvgIpc) is 2.69. The van der Waals surface area contributed by atoms with Crippen molar-refractivity contribution >= 4 is 0 Å². The van der Waals surface area contributed by atoms with Crippen molar-refractivity contribution in [2.75, 3.05) is 39.3 Å². The van der Waals surface area contributed by atoms with Crippen molar-refractivity contribution in [3.05, 3.63) is 71.8 Å². The molecule has 2 aromatic carbocycles. The average molecular weight is 353 g/mol. The molecule has 0 amide bonds. The maximum Gasteiger partial charge on any atom is 0.120 e. The molecular weight excluding hydrogens is 320 g/mol. The molecular formula is C23H32N2O+2. The summed E-state index contributed by atoms with van der Waals surface area (Å²) in [6.07, 6.45) is -0.342. The molecule has 4 rings (SSSR count). The first-order chi connectivity index (χ1) is 12.6. The second kappa shape index (κ2) is 6.80. The van der Waals surface area contributed by atoms with E-state index in [1.165, 1.54) is 11.1 Å². The molecule has 2 bridgehead atoms. The van der Waals surface area contributed by atoms with Crippen molar-refractivity contribution in [2.45, 2.75) is 30.8 Å². The van der Waals surface area contributed by atoms with E-state index >= 15 is 0 Å². The van der Waals surface area contributed by atoms with Gasteiger partial charge in [0.1, 0.15) is 10.8 Å². The summed E-state index contributed by atoms with van der Waals surface area (Å²) in [6.45, 7) is 10.9. The first kappa shape index (κ1) is 17.7. The van der Waals surface area contributed by atoms with Gasteiger partial charge in [-0.1, -0.05) is 60.7 Å². The summed E-state index contributed by atoms with van der Waals surface area (Å²) < 4.78 is 0. The highest BCUT2D eigenvalue weighted by molar-refractivity contribution is 5.37. The lowest BCUT2D eigenvalue weighted by Gasteiger charge is -2.58. The fourth-order valence-corrected chi connectivity index (χ4v) is 5.71. The van der Waals surface area contributed by atoms with Crippen LogP contribution in [-0.2, 0) is 10.8 Å². The van der Waals surface area contributed by atoms with E-state index in [0.717, 1.165) is 39.3 Å². The van der Waals surface area contributed by atoms with Gasteiger partial charge in [-0.05, 0) is 25.0 Å². The SMILES string of the molecule is CC[NH+]1CC2(c3ccccc3)C[NH+](CC)CC(c3ccccc3)(C1)C2O. The van der Waals surface area contributed by atoms with E-state index in [9.17, 15) is 5.11 Å². The Labute approximate surface area is 157 Å². The number of piperidine rings is 2. The van der Waals surface area contributed by atoms with Crippen LogP contribution in [0.2, 0.25) is 0 Å². The van der Waals surface area contributed by atoms with Crippen molar-refractivity contribution in [3.8, 4) is 0 Å². The number of fused-ring (bicyclic) bond motifs is 2. The van der Waals surface area contributed by atoms with Crippen LogP contribution >= 0.6 is 0 Å². The smallest absolute Gasteiger partial charge is 0.120 e. The van der Waals surface area contributed by atoms with Crippen LogP contribution in [0.25, 0.3) is 0 Å². The Morgan fingerprint density at radius 1 is 0.731 bits per heavy atom. The Morgan fingerprint density at radius 2 is 1.08 bits per heavy atom. The molecule has 0 aromatic heterocycles. The monoisotopic (exact) mass is 352 g/mol. The summed E-state index contributed by atoms with van der Waals surface area (Å²) in [5.74, 6) is 0. The predicted molar refractivity (Wildman–Crippen MR) is 105 cm³/mol. The first-order valence-corrected chi connectivity index (χ1v) is 10.1. The lowest BCUT2D eigenvalue weighted by Crippen LogP contribution is -3.26. The van der Waals surface area contributed by atoms with E-state index < -0.39 is 0 Å². The van der Waals surface area contributed by atoms with Gasteiger partial charge in [0.2, 0.25) is 0 Å². The molecule has 26 heavy (non-hydrogen) atoms. The molecule has 3 N–H and O–H groups in total. The summed E-state index contributed by atoms with van der Waals surface area (Å²) >= 11 is 0. The number of quaternary nitrogens is 2. The Hall–Kier alpha value is -1.68. The van der Waals surface area contributed by atoms with E-state index in [0.29, 0.717) is 0 Å². The number of likely N-dealkylation sites (tertiary alicyclic amines) is 2. The Balaban J connectivity index is 1.90. The molecule has 2 heterocycles. The summed E-state index contributed by atoms with van der Waals surface area (Å²) in [5, 5.41) is 11.9. The molecule has 0 unspecified atom stereocenters. The maximum absolute atomic E-state index is 11.9. The van der Waals surface area contributed by atoms with Gasteiger partial charge >= 0.3 is 0 Å². The minimum absolute atomic E-state index is 0.176. The summed E-state index contributed by atoms with van der Waals surface area (Å²) in [7, 11) is 0. The van der Waals surface area contributed by atoms with Crippen molar-refractivity contribution in [2.24, 2.45) is 0 Å².